The summed E-state index contributed by atoms with van der Waals surface area (Å²) in [7, 11) is 1.83. The lowest BCUT2D eigenvalue weighted by molar-refractivity contribution is 0.872. The first-order valence-corrected chi connectivity index (χ1v) is 5.61. The molecule has 1 heterocycles. The van der Waals surface area contributed by atoms with Crippen LogP contribution in [0.1, 0.15) is 18.5 Å². The van der Waals surface area contributed by atoms with Gasteiger partial charge < -0.3 is 10.6 Å². The van der Waals surface area contributed by atoms with Gasteiger partial charge in [0.05, 0.1) is 12.4 Å². The van der Waals surface area contributed by atoms with Crippen molar-refractivity contribution in [3.8, 4) is 0 Å². The van der Waals surface area contributed by atoms with Gasteiger partial charge in [-0.3, -0.25) is 4.98 Å². The zero-order valence-corrected chi connectivity index (χ0v) is 10.0. The molecule has 0 aliphatic heterocycles. The van der Waals surface area contributed by atoms with Crippen molar-refractivity contribution in [1.29, 1.82) is 0 Å². The molecule has 0 aliphatic carbocycles. The van der Waals surface area contributed by atoms with Gasteiger partial charge in [-0.25, -0.2) is 4.98 Å². The maximum absolute atomic E-state index is 4.37. The summed E-state index contributed by atoms with van der Waals surface area (Å²) in [6.07, 6.45) is 3.42. The van der Waals surface area contributed by atoms with E-state index in [4.69, 9.17) is 0 Å². The van der Waals surface area contributed by atoms with Crippen molar-refractivity contribution in [3.63, 3.8) is 0 Å². The summed E-state index contributed by atoms with van der Waals surface area (Å²) < 4.78 is 0. The van der Waals surface area contributed by atoms with E-state index in [9.17, 15) is 0 Å². The van der Waals surface area contributed by atoms with Gasteiger partial charge in [0.2, 0.25) is 0 Å². The number of nitrogens with zero attached hydrogens (tertiary/aromatic N) is 2. The molecule has 1 unspecified atom stereocenters. The molecule has 1 atom stereocenters. The molecule has 2 N–H and O–H groups in total. The number of hydrogen-bond acceptors (Lipinski definition) is 4. The largest absolute Gasteiger partial charge is 0.372 e. The predicted octanol–water partition coefficient (Wildman–Crippen LogP) is 2.69. The fourth-order valence-electron chi connectivity index (χ4n) is 1.60. The highest BCUT2D eigenvalue weighted by molar-refractivity contribution is 5.42. The van der Waals surface area contributed by atoms with E-state index in [2.05, 4.69) is 39.7 Å². The van der Waals surface area contributed by atoms with Gasteiger partial charge in [-0.15, -0.1) is 0 Å². The molecule has 4 heteroatoms. The van der Waals surface area contributed by atoms with Crippen LogP contribution in [0.4, 0.5) is 11.6 Å². The minimum atomic E-state index is 0.206. The molecule has 17 heavy (non-hydrogen) atoms. The first kappa shape index (κ1) is 11.4. The van der Waals surface area contributed by atoms with Crippen LogP contribution in [0.3, 0.4) is 0 Å². The fraction of sp³-hybridized carbons (Fsp3) is 0.231. The van der Waals surface area contributed by atoms with Gasteiger partial charge in [0.15, 0.2) is 0 Å². The lowest BCUT2D eigenvalue weighted by atomic mass is 10.1. The van der Waals surface area contributed by atoms with Crippen LogP contribution in [0.25, 0.3) is 0 Å². The summed E-state index contributed by atoms with van der Waals surface area (Å²) in [6.45, 7) is 2.10. The molecule has 0 spiro atoms. The van der Waals surface area contributed by atoms with Crippen molar-refractivity contribution in [2.45, 2.75) is 13.0 Å². The maximum atomic E-state index is 4.37. The van der Waals surface area contributed by atoms with E-state index in [0.29, 0.717) is 0 Å². The van der Waals surface area contributed by atoms with E-state index in [0.717, 1.165) is 11.6 Å². The van der Waals surface area contributed by atoms with Crippen molar-refractivity contribution < 1.29 is 0 Å². The van der Waals surface area contributed by atoms with Crippen LogP contribution in [-0.2, 0) is 0 Å². The minimum absolute atomic E-state index is 0.206. The van der Waals surface area contributed by atoms with Gasteiger partial charge in [0.25, 0.3) is 0 Å². The van der Waals surface area contributed by atoms with E-state index in [1.54, 1.807) is 12.4 Å². The summed E-state index contributed by atoms with van der Waals surface area (Å²) >= 11 is 0. The Labute approximate surface area is 101 Å². The van der Waals surface area contributed by atoms with E-state index in [1.165, 1.54) is 5.56 Å². The third-order valence-corrected chi connectivity index (χ3v) is 2.55. The summed E-state index contributed by atoms with van der Waals surface area (Å²) in [4.78, 5) is 8.49. The van der Waals surface area contributed by atoms with Crippen LogP contribution >= 0.6 is 0 Å². The van der Waals surface area contributed by atoms with Crippen LogP contribution in [0.5, 0.6) is 0 Å². The molecule has 1 aromatic heterocycles. The van der Waals surface area contributed by atoms with Crippen molar-refractivity contribution in [3.05, 3.63) is 48.3 Å². The lowest BCUT2D eigenvalue weighted by Gasteiger charge is -2.14. The Morgan fingerprint density at radius 1 is 1.06 bits per heavy atom. The average Bonchev–Trinajstić information content (AvgIpc) is 2.40. The first-order valence-electron chi connectivity index (χ1n) is 5.61. The van der Waals surface area contributed by atoms with Crippen LogP contribution in [0.15, 0.2) is 42.7 Å². The van der Waals surface area contributed by atoms with Gasteiger partial charge in [0, 0.05) is 13.1 Å². The third kappa shape index (κ3) is 2.93. The molecule has 0 bridgehead atoms. The molecule has 0 saturated carbocycles. The fourth-order valence-corrected chi connectivity index (χ4v) is 1.60. The highest BCUT2D eigenvalue weighted by Gasteiger charge is 2.05. The summed E-state index contributed by atoms with van der Waals surface area (Å²) in [5.74, 6) is 1.53. The molecule has 2 aromatic rings. The van der Waals surface area contributed by atoms with Crippen LogP contribution in [-0.4, -0.2) is 17.0 Å². The second-order valence-electron chi connectivity index (χ2n) is 3.82. The molecule has 88 valence electrons. The highest BCUT2D eigenvalue weighted by atomic mass is 15.1. The average molecular weight is 228 g/mol. The van der Waals surface area contributed by atoms with Crippen molar-refractivity contribution >= 4 is 11.6 Å². The summed E-state index contributed by atoms with van der Waals surface area (Å²) in [6, 6.07) is 10.5. The molecule has 1 aromatic carbocycles. The minimum Gasteiger partial charge on any atom is -0.372 e. The third-order valence-electron chi connectivity index (χ3n) is 2.55. The number of aromatic nitrogens is 2. The molecule has 0 amide bonds. The van der Waals surface area contributed by atoms with Gasteiger partial charge in [-0.05, 0) is 12.5 Å². The standard InChI is InChI=1S/C13H16N4/c1-10(11-6-4-3-5-7-11)16-13-9-15-8-12(14-2)17-13/h3-10H,1-2H3,(H2,14,16,17). The summed E-state index contributed by atoms with van der Waals surface area (Å²) in [5.41, 5.74) is 1.23. The van der Waals surface area contributed by atoms with E-state index in [1.807, 2.05) is 25.2 Å². The van der Waals surface area contributed by atoms with Crippen molar-refractivity contribution in [1.82, 2.24) is 9.97 Å². The first-order chi connectivity index (χ1) is 8.29. The smallest absolute Gasteiger partial charge is 0.147 e. The molecule has 0 aliphatic rings. The zero-order chi connectivity index (χ0) is 12.1. The molecule has 0 fully saturated rings. The van der Waals surface area contributed by atoms with Crippen molar-refractivity contribution in [2.24, 2.45) is 0 Å². The topological polar surface area (TPSA) is 49.8 Å². The Hall–Kier alpha value is -2.10. The Morgan fingerprint density at radius 3 is 2.47 bits per heavy atom. The molecular weight excluding hydrogens is 212 g/mol. The lowest BCUT2D eigenvalue weighted by Crippen LogP contribution is -2.08. The molecule has 2 rings (SSSR count). The quantitative estimate of drug-likeness (QED) is 0.844. The molecule has 4 nitrogen and oxygen atoms in total. The Kier molecular flexibility index (Phi) is 3.55. The van der Waals surface area contributed by atoms with Crippen LogP contribution in [0, 0.1) is 0 Å². The summed E-state index contributed by atoms with van der Waals surface area (Å²) in [5, 5.41) is 6.29. The van der Waals surface area contributed by atoms with E-state index in [-0.39, 0.29) is 6.04 Å². The Bertz CT molecular complexity index is 470. The number of hydrogen-bond donors (Lipinski definition) is 2. The number of benzene rings is 1. The zero-order valence-electron chi connectivity index (χ0n) is 10.0. The SMILES string of the molecule is CNc1cncc(NC(C)c2ccccc2)n1. The molecular formula is C13H16N4. The second kappa shape index (κ2) is 5.30. The predicted molar refractivity (Wildman–Crippen MR) is 70.1 cm³/mol. The van der Waals surface area contributed by atoms with Crippen LogP contribution in [0.2, 0.25) is 0 Å². The van der Waals surface area contributed by atoms with E-state index >= 15 is 0 Å². The highest BCUT2D eigenvalue weighted by Crippen LogP contribution is 2.17. The molecule has 0 saturated heterocycles. The molecule has 0 radical (unpaired) electrons. The van der Waals surface area contributed by atoms with E-state index < -0.39 is 0 Å². The number of anilines is 2. The van der Waals surface area contributed by atoms with Gasteiger partial charge in [0.1, 0.15) is 11.6 Å². The van der Waals surface area contributed by atoms with Crippen molar-refractivity contribution in [2.75, 3.05) is 17.7 Å². The van der Waals surface area contributed by atoms with Gasteiger partial charge in [-0.2, -0.15) is 0 Å². The Balaban J connectivity index is 2.10. The Morgan fingerprint density at radius 2 is 1.76 bits per heavy atom. The number of nitrogens with one attached hydrogen (secondary N) is 2. The van der Waals surface area contributed by atoms with Gasteiger partial charge >= 0.3 is 0 Å². The number of rotatable bonds is 4. The monoisotopic (exact) mass is 228 g/mol. The van der Waals surface area contributed by atoms with Gasteiger partial charge in [-0.1, -0.05) is 30.3 Å². The normalized spacial score (nSPS) is 11.9. The van der Waals surface area contributed by atoms with Crippen LogP contribution < -0.4 is 10.6 Å². The second-order valence-corrected chi connectivity index (χ2v) is 3.82. The maximum Gasteiger partial charge on any atom is 0.147 e.